The summed E-state index contributed by atoms with van der Waals surface area (Å²) < 4.78 is 12.4. The Bertz CT molecular complexity index is 397. The number of hydrogen-bond acceptors (Lipinski definition) is 2. The van der Waals surface area contributed by atoms with Crippen molar-refractivity contribution >= 4 is 16.5 Å². The van der Waals surface area contributed by atoms with Gasteiger partial charge in [0.2, 0.25) is 0 Å². The average Bonchev–Trinajstić information content (AvgIpc) is 2.39. The Labute approximate surface area is 106 Å². The maximum Gasteiger partial charge on any atom is 0.0620 e. The van der Waals surface area contributed by atoms with Gasteiger partial charge in [-0.15, -0.1) is 0 Å². The van der Waals surface area contributed by atoms with Gasteiger partial charge in [-0.25, -0.2) is 0 Å². The van der Waals surface area contributed by atoms with Gasteiger partial charge in [0.25, 0.3) is 0 Å². The molecule has 1 aromatic carbocycles. The first kappa shape index (κ1) is 12.6. The first-order valence-electron chi connectivity index (χ1n) is 6.47. The molecule has 0 spiro atoms. The zero-order valence-electron chi connectivity index (χ0n) is 10.4. The van der Waals surface area contributed by atoms with Crippen LogP contribution in [0.15, 0.2) is 29.2 Å². The maximum atomic E-state index is 12.4. The molecule has 2 N–H and O–H groups in total. The van der Waals surface area contributed by atoms with E-state index in [1.54, 1.807) is 0 Å². The van der Waals surface area contributed by atoms with E-state index in [0.717, 1.165) is 23.7 Å². The van der Waals surface area contributed by atoms with Crippen molar-refractivity contribution < 1.29 is 4.21 Å². The molecule has 0 saturated heterocycles. The molecule has 1 saturated carbocycles. The number of nitrogens with two attached hydrogens (primary N) is 1. The molecule has 0 aliphatic heterocycles. The van der Waals surface area contributed by atoms with E-state index in [4.69, 9.17) is 5.73 Å². The fourth-order valence-electron chi connectivity index (χ4n) is 2.60. The second-order valence-corrected chi connectivity index (χ2v) is 6.59. The van der Waals surface area contributed by atoms with Gasteiger partial charge >= 0.3 is 0 Å². The van der Waals surface area contributed by atoms with Crippen molar-refractivity contribution in [2.45, 2.75) is 49.2 Å². The van der Waals surface area contributed by atoms with Crippen LogP contribution in [0.3, 0.4) is 0 Å². The molecule has 1 atom stereocenters. The summed E-state index contributed by atoms with van der Waals surface area (Å²) in [5.41, 5.74) is 6.56. The first-order valence-corrected chi connectivity index (χ1v) is 7.68. The summed E-state index contributed by atoms with van der Waals surface area (Å²) in [4.78, 5) is 0.826. The fourth-order valence-corrected chi connectivity index (χ4v) is 4.17. The van der Waals surface area contributed by atoms with Crippen molar-refractivity contribution in [2.24, 2.45) is 5.92 Å². The molecule has 2 rings (SSSR count). The van der Waals surface area contributed by atoms with E-state index in [9.17, 15) is 4.21 Å². The van der Waals surface area contributed by atoms with Crippen molar-refractivity contribution in [2.75, 3.05) is 5.73 Å². The number of nitrogen functional groups attached to an aromatic ring is 1. The minimum Gasteiger partial charge on any atom is -0.398 e. The zero-order valence-corrected chi connectivity index (χ0v) is 11.2. The van der Waals surface area contributed by atoms with Crippen LogP contribution in [-0.2, 0) is 10.8 Å². The molecule has 94 valence electrons. The van der Waals surface area contributed by atoms with Gasteiger partial charge in [-0.1, -0.05) is 25.5 Å². The molecule has 0 aromatic heterocycles. The van der Waals surface area contributed by atoms with E-state index in [-0.39, 0.29) is 0 Å². The van der Waals surface area contributed by atoms with E-state index in [2.05, 4.69) is 6.92 Å². The molecular formula is C14H21NOS. The van der Waals surface area contributed by atoms with Crippen LogP contribution in [0, 0.1) is 5.92 Å². The molecule has 1 aliphatic rings. The van der Waals surface area contributed by atoms with E-state index < -0.39 is 10.8 Å². The number of anilines is 1. The summed E-state index contributed by atoms with van der Waals surface area (Å²) in [6.45, 7) is 2.25. The SMILES string of the molecule is CCC1CCC(S(=O)c2ccccc2N)CC1. The maximum absolute atomic E-state index is 12.4. The highest BCUT2D eigenvalue weighted by atomic mass is 32.2. The second kappa shape index (κ2) is 5.67. The average molecular weight is 251 g/mol. The summed E-state index contributed by atoms with van der Waals surface area (Å²) >= 11 is 0. The van der Waals surface area contributed by atoms with Gasteiger partial charge < -0.3 is 5.73 Å². The van der Waals surface area contributed by atoms with Crippen molar-refractivity contribution in [3.05, 3.63) is 24.3 Å². The Hall–Kier alpha value is -0.830. The van der Waals surface area contributed by atoms with Crippen LogP contribution < -0.4 is 5.73 Å². The third kappa shape index (κ3) is 2.89. The number of rotatable bonds is 3. The third-order valence-electron chi connectivity index (χ3n) is 3.81. The van der Waals surface area contributed by atoms with Crippen molar-refractivity contribution in [1.29, 1.82) is 0 Å². The normalized spacial score (nSPS) is 26.6. The van der Waals surface area contributed by atoms with Crippen LogP contribution in [0.2, 0.25) is 0 Å². The molecule has 17 heavy (non-hydrogen) atoms. The summed E-state index contributed by atoms with van der Waals surface area (Å²) in [5.74, 6) is 0.844. The third-order valence-corrected chi connectivity index (χ3v) is 5.69. The standard InChI is InChI=1S/C14H21NOS/c1-2-11-7-9-12(10-8-11)17(16)14-6-4-3-5-13(14)15/h3-6,11-12H,2,7-10,15H2,1H3. The van der Waals surface area contributed by atoms with Crippen LogP contribution in [0.25, 0.3) is 0 Å². The van der Waals surface area contributed by atoms with Crippen molar-refractivity contribution in [3.63, 3.8) is 0 Å². The molecule has 1 fully saturated rings. The lowest BCUT2D eigenvalue weighted by molar-refractivity contribution is 0.353. The number of benzene rings is 1. The Balaban J connectivity index is 2.04. The van der Waals surface area contributed by atoms with Gasteiger partial charge in [0.15, 0.2) is 0 Å². The second-order valence-electron chi connectivity index (χ2n) is 4.89. The minimum atomic E-state index is -0.923. The van der Waals surface area contributed by atoms with E-state index >= 15 is 0 Å². The smallest absolute Gasteiger partial charge is 0.0620 e. The first-order chi connectivity index (χ1) is 8.22. The molecule has 1 aliphatic carbocycles. The lowest BCUT2D eigenvalue weighted by Gasteiger charge is -2.27. The Morgan fingerprint density at radius 1 is 1.24 bits per heavy atom. The van der Waals surface area contributed by atoms with Crippen LogP contribution in [-0.4, -0.2) is 9.46 Å². The molecule has 1 unspecified atom stereocenters. The number of hydrogen-bond donors (Lipinski definition) is 1. The monoisotopic (exact) mass is 251 g/mol. The Morgan fingerprint density at radius 2 is 1.88 bits per heavy atom. The summed E-state index contributed by atoms with van der Waals surface area (Å²) in [6, 6.07) is 7.55. The van der Waals surface area contributed by atoms with E-state index in [1.807, 2.05) is 24.3 Å². The van der Waals surface area contributed by atoms with Gasteiger partial charge in [-0.2, -0.15) is 0 Å². The molecule has 1 aromatic rings. The van der Waals surface area contributed by atoms with Crippen LogP contribution >= 0.6 is 0 Å². The highest BCUT2D eigenvalue weighted by Gasteiger charge is 2.26. The van der Waals surface area contributed by atoms with Crippen molar-refractivity contribution in [1.82, 2.24) is 0 Å². The van der Waals surface area contributed by atoms with Crippen LogP contribution in [0.4, 0.5) is 5.69 Å². The lowest BCUT2D eigenvalue weighted by Crippen LogP contribution is -2.23. The predicted octanol–water partition coefficient (Wildman–Crippen LogP) is 3.35. The van der Waals surface area contributed by atoms with Gasteiger partial charge in [-0.05, 0) is 43.7 Å². The summed E-state index contributed by atoms with van der Waals surface area (Å²) in [5, 5.41) is 0.308. The van der Waals surface area contributed by atoms with E-state index in [0.29, 0.717) is 10.9 Å². The highest BCUT2D eigenvalue weighted by Crippen LogP contribution is 2.32. The summed E-state index contributed by atoms with van der Waals surface area (Å²) in [6.07, 6.45) is 5.87. The zero-order chi connectivity index (χ0) is 12.3. The van der Waals surface area contributed by atoms with Gasteiger partial charge in [-0.3, -0.25) is 4.21 Å². The van der Waals surface area contributed by atoms with Gasteiger partial charge in [0.1, 0.15) is 0 Å². The quantitative estimate of drug-likeness (QED) is 0.837. The Morgan fingerprint density at radius 3 is 2.47 bits per heavy atom. The molecule has 0 radical (unpaired) electrons. The topological polar surface area (TPSA) is 43.1 Å². The van der Waals surface area contributed by atoms with Gasteiger partial charge in [0.05, 0.1) is 15.7 Å². The molecule has 0 bridgehead atoms. The Kier molecular flexibility index (Phi) is 4.21. The number of para-hydroxylation sites is 1. The van der Waals surface area contributed by atoms with Gasteiger partial charge in [0, 0.05) is 10.9 Å². The summed E-state index contributed by atoms with van der Waals surface area (Å²) in [7, 11) is -0.923. The lowest BCUT2D eigenvalue weighted by atomic mass is 9.87. The molecule has 2 nitrogen and oxygen atoms in total. The fraction of sp³-hybridized carbons (Fsp3) is 0.571. The predicted molar refractivity (Wildman–Crippen MR) is 73.3 cm³/mol. The van der Waals surface area contributed by atoms with Crippen LogP contribution in [0.5, 0.6) is 0 Å². The molecule has 0 heterocycles. The largest absolute Gasteiger partial charge is 0.398 e. The molecular weight excluding hydrogens is 230 g/mol. The highest BCUT2D eigenvalue weighted by molar-refractivity contribution is 7.85. The minimum absolute atomic E-state index is 0.308. The van der Waals surface area contributed by atoms with Crippen LogP contribution in [0.1, 0.15) is 39.0 Å². The molecule has 3 heteroatoms. The molecule has 0 amide bonds. The van der Waals surface area contributed by atoms with E-state index in [1.165, 1.54) is 19.3 Å². The van der Waals surface area contributed by atoms with Crippen molar-refractivity contribution in [3.8, 4) is 0 Å².